The second-order valence-corrected chi connectivity index (χ2v) is 3.80. The lowest BCUT2D eigenvalue weighted by atomic mass is 10.2. The van der Waals surface area contributed by atoms with E-state index in [-0.39, 0.29) is 30.7 Å². The average molecular weight is 264 g/mol. The van der Waals surface area contributed by atoms with Gasteiger partial charge in [-0.05, 0) is 0 Å². The maximum Gasteiger partial charge on any atom is 0.305 e. The third kappa shape index (κ3) is 7.47. The fourth-order valence-electron chi connectivity index (χ4n) is 1.01. The van der Waals surface area contributed by atoms with Crippen molar-refractivity contribution in [3.8, 4) is 0 Å². The molecule has 16 heavy (non-hydrogen) atoms. The Bertz CT molecular complexity index is 271. The van der Waals surface area contributed by atoms with E-state index in [0.717, 1.165) is 0 Å². The van der Waals surface area contributed by atoms with Crippen molar-refractivity contribution in [3.05, 3.63) is 12.3 Å². The normalized spacial score (nSPS) is 11.6. The first-order chi connectivity index (χ1) is 7.49. The standard InChI is InChI=1S/C9H16N2O3S2/c1-6(4-15)11-7(2-9(13)14)3-10-8(12)5-16/h7,11,15-16H,1-5H2,(H,10,12)(H,13,14). The molecule has 1 unspecified atom stereocenters. The Morgan fingerprint density at radius 3 is 2.38 bits per heavy atom. The second kappa shape index (κ2) is 8.35. The Hall–Kier alpha value is -0.820. The zero-order chi connectivity index (χ0) is 12.6. The van der Waals surface area contributed by atoms with Gasteiger partial charge in [0, 0.05) is 18.0 Å². The number of carboxylic acid groups (broad SMARTS) is 1. The highest BCUT2D eigenvalue weighted by Crippen LogP contribution is 1.97. The van der Waals surface area contributed by atoms with Crippen molar-refractivity contribution in [2.45, 2.75) is 12.5 Å². The van der Waals surface area contributed by atoms with Crippen LogP contribution in [0.15, 0.2) is 12.3 Å². The van der Waals surface area contributed by atoms with Gasteiger partial charge in [0.05, 0.1) is 18.2 Å². The van der Waals surface area contributed by atoms with Crippen molar-refractivity contribution < 1.29 is 14.7 Å². The third-order valence-electron chi connectivity index (χ3n) is 1.71. The molecule has 3 N–H and O–H groups in total. The molecule has 0 bridgehead atoms. The van der Waals surface area contributed by atoms with Crippen LogP contribution in [0.25, 0.3) is 0 Å². The van der Waals surface area contributed by atoms with E-state index in [0.29, 0.717) is 11.4 Å². The third-order valence-corrected chi connectivity index (χ3v) is 2.38. The molecule has 1 atom stereocenters. The van der Waals surface area contributed by atoms with Gasteiger partial charge in [-0.2, -0.15) is 25.3 Å². The quantitative estimate of drug-likeness (QED) is 0.397. The molecule has 5 nitrogen and oxygen atoms in total. The van der Waals surface area contributed by atoms with E-state index in [1.165, 1.54) is 0 Å². The fraction of sp³-hybridized carbons (Fsp3) is 0.556. The van der Waals surface area contributed by atoms with Crippen LogP contribution in [0.1, 0.15) is 6.42 Å². The van der Waals surface area contributed by atoms with Crippen LogP contribution in [0.3, 0.4) is 0 Å². The lowest BCUT2D eigenvalue weighted by Gasteiger charge is -2.19. The largest absolute Gasteiger partial charge is 0.481 e. The first kappa shape index (κ1) is 15.2. The summed E-state index contributed by atoms with van der Waals surface area (Å²) >= 11 is 7.80. The number of thiol groups is 2. The fourth-order valence-corrected chi connectivity index (χ4v) is 1.22. The number of carbonyl (C=O) groups is 2. The Morgan fingerprint density at radius 2 is 1.94 bits per heavy atom. The van der Waals surface area contributed by atoms with Gasteiger partial charge in [0.2, 0.25) is 5.91 Å². The Morgan fingerprint density at radius 1 is 1.31 bits per heavy atom. The number of nitrogens with one attached hydrogen (secondary N) is 2. The van der Waals surface area contributed by atoms with E-state index in [1.807, 2.05) is 0 Å². The van der Waals surface area contributed by atoms with Gasteiger partial charge >= 0.3 is 5.97 Å². The SMILES string of the molecule is C=C(CS)NC(CNC(=O)CS)CC(=O)O. The minimum absolute atomic E-state index is 0.0767. The van der Waals surface area contributed by atoms with E-state index in [9.17, 15) is 9.59 Å². The molecular weight excluding hydrogens is 248 g/mol. The molecule has 7 heteroatoms. The number of aliphatic carboxylic acids is 1. The van der Waals surface area contributed by atoms with E-state index >= 15 is 0 Å². The van der Waals surface area contributed by atoms with Crippen LogP contribution in [0.5, 0.6) is 0 Å². The van der Waals surface area contributed by atoms with Gasteiger partial charge in [-0.1, -0.05) is 6.58 Å². The highest BCUT2D eigenvalue weighted by Gasteiger charge is 2.14. The molecule has 0 spiro atoms. The van der Waals surface area contributed by atoms with Crippen LogP contribution in [0.2, 0.25) is 0 Å². The van der Waals surface area contributed by atoms with Crippen molar-refractivity contribution in [3.63, 3.8) is 0 Å². The first-order valence-corrected chi connectivity index (χ1v) is 5.90. The van der Waals surface area contributed by atoms with Crippen molar-refractivity contribution in [2.24, 2.45) is 0 Å². The van der Waals surface area contributed by atoms with Gasteiger partial charge in [-0.15, -0.1) is 0 Å². The first-order valence-electron chi connectivity index (χ1n) is 4.64. The van der Waals surface area contributed by atoms with Crippen LogP contribution in [0.4, 0.5) is 0 Å². The summed E-state index contributed by atoms with van der Waals surface area (Å²) in [6, 6.07) is -0.388. The molecule has 0 aliphatic carbocycles. The second-order valence-electron chi connectivity index (χ2n) is 3.16. The highest BCUT2D eigenvalue weighted by atomic mass is 32.1. The summed E-state index contributed by atoms with van der Waals surface area (Å²) in [5.41, 5.74) is 0.620. The van der Waals surface area contributed by atoms with Crippen LogP contribution >= 0.6 is 25.3 Å². The predicted molar refractivity (Wildman–Crippen MR) is 69.0 cm³/mol. The van der Waals surface area contributed by atoms with Gasteiger partial charge in [0.15, 0.2) is 0 Å². The lowest BCUT2D eigenvalue weighted by molar-refractivity contribution is -0.137. The topological polar surface area (TPSA) is 78.4 Å². The number of hydrogen-bond acceptors (Lipinski definition) is 5. The summed E-state index contributed by atoms with van der Waals surface area (Å²) in [5, 5.41) is 14.1. The number of carboxylic acids is 1. The van der Waals surface area contributed by atoms with Gasteiger partial charge in [-0.25, -0.2) is 0 Å². The van der Waals surface area contributed by atoms with E-state index in [1.54, 1.807) is 0 Å². The summed E-state index contributed by atoms with van der Waals surface area (Å²) in [6.07, 6.45) is -0.0976. The molecule has 0 fully saturated rings. The highest BCUT2D eigenvalue weighted by molar-refractivity contribution is 7.81. The molecular formula is C9H16N2O3S2. The number of rotatable bonds is 8. The lowest BCUT2D eigenvalue weighted by Crippen LogP contribution is -2.42. The van der Waals surface area contributed by atoms with Gasteiger partial charge in [0.1, 0.15) is 0 Å². The molecule has 0 saturated carbocycles. The summed E-state index contributed by atoms with van der Waals surface area (Å²) in [7, 11) is 0. The zero-order valence-electron chi connectivity index (χ0n) is 8.77. The van der Waals surface area contributed by atoms with Crippen LogP contribution in [-0.4, -0.2) is 41.1 Å². The number of amides is 1. The summed E-state index contributed by atoms with van der Waals surface area (Å²) in [4.78, 5) is 21.5. The summed E-state index contributed by atoms with van der Waals surface area (Å²) in [6.45, 7) is 3.88. The number of hydrogen-bond donors (Lipinski definition) is 5. The summed E-state index contributed by atoms with van der Waals surface area (Å²) in [5.74, 6) is -0.689. The zero-order valence-corrected chi connectivity index (χ0v) is 10.6. The van der Waals surface area contributed by atoms with Gasteiger partial charge in [-0.3, -0.25) is 9.59 Å². The van der Waals surface area contributed by atoms with Crippen molar-refractivity contribution in [1.29, 1.82) is 0 Å². The maximum absolute atomic E-state index is 11.0. The van der Waals surface area contributed by atoms with E-state index in [4.69, 9.17) is 5.11 Å². The summed E-state index contributed by atoms with van der Waals surface area (Å²) < 4.78 is 0. The van der Waals surface area contributed by atoms with E-state index in [2.05, 4.69) is 42.5 Å². The average Bonchev–Trinajstić information content (AvgIpc) is 2.24. The van der Waals surface area contributed by atoms with Crippen molar-refractivity contribution >= 4 is 37.1 Å². The molecule has 92 valence electrons. The molecule has 0 heterocycles. The molecule has 0 aliphatic rings. The van der Waals surface area contributed by atoms with Crippen molar-refractivity contribution in [1.82, 2.24) is 10.6 Å². The number of carbonyl (C=O) groups excluding carboxylic acids is 1. The molecule has 0 saturated heterocycles. The molecule has 0 aromatic carbocycles. The minimum Gasteiger partial charge on any atom is -0.481 e. The van der Waals surface area contributed by atoms with Crippen molar-refractivity contribution in [2.75, 3.05) is 18.1 Å². The van der Waals surface area contributed by atoms with Gasteiger partial charge in [0.25, 0.3) is 0 Å². The maximum atomic E-state index is 11.0. The van der Waals surface area contributed by atoms with Gasteiger partial charge < -0.3 is 15.7 Å². The molecule has 0 aromatic rings. The molecule has 0 radical (unpaired) electrons. The minimum atomic E-state index is -0.940. The van der Waals surface area contributed by atoms with E-state index < -0.39 is 5.97 Å². The smallest absolute Gasteiger partial charge is 0.305 e. The molecule has 1 amide bonds. The molecule has 0 aliphatic heterocycles. The Labute approximate surface area is 105 Å². The Kier molecular flexibility index (Phi) is 7.92. The molecule has 0 aromatic heterocycles. The monoisotopic (exact) mass is 264 g/mol. The Balaban J connectivity index is 4.14. The van der Waals surface area contributed by atoms with Crippen LogP contribution in [0, 0.1) is 0 Å². The van der Waals surface area contributed by atoms with Crippen LogP contribution < -0.4 is 10.6 Å². The van der Waals surface area contributed by atoms with Crippen LogP contribution in [-0.2, 0) is 9.59 Å². The molecule has 0 rings (SSSR count). The predicted octanol–water partition coefficient (Wildman–Crippen LogP) is -0.0912.